The second-order valence-corrected chi connectivity index (χ2v) is 7.93. The van der Waals surface area contributed by atoms with Gasteiger partial charge in [-0.25, -0.2) is 9.37 Å². The highest BCUT2D eigenvalue weighted by Crippen LogP contribution is 2.24. The molecule has 5 nitrogen and oxygen atoms in total. The van der Waals surface area contributed by atoms with Crippen LogP contribution in [0.3, 0.4) is 0 Å². The summed E-state index contributed by atoms with van der Waals surface area (Å²) in [5.41, 5.74) is 0.347. The molecule has 1 N–H and O–H groups in total. The first-order valence-electron chi connectivity index (χ1n) is 7.31. The minimum Gasteiger partial charge on any atom is -0.340 e. The lowest BCUT2D eigenvalue weighted by Gasteiger charge is -2.15. The molecule has 0 aliphatic heterocycles. The molecular formula is C16H14ClFN4OS2. The number of thioether (sulfide) groups is 1. The largest absolute Gasteiger partial charge is 0.340 e. The molecule has 0 fully saturated rings. The van der Waals surface area contributed by atoms with Crippen LogP contribution in [-0.4, -0.2) is 38.8 Å². The van der Waals surface area contributed by atoms with Gasteiger partial charge in [-0.2, -0.15) is 0 Å². The number of aromatic nitrogens is 3. The fourth-order valence-corrected chi connectivity index (χ4v) is 3.96. The van der Waals surface area contributed by atoms with E-state index in [-0.39, 0.29) is 17.5 Å². The third-order valence-electron chi connectivity index (χ3n) is 3.37. The van der Waals surface area contributed by atoms with E-state index < -0.39 is 0 Å². The number of thiophene rings is 1. The van der Waals surface area contributed by atoms with Gasteiger partial charge >= 0.3 is 0 Å². The minimum atomic E-state index is -0.374. The van der Waals surface area contributed by atoms with Crippen molar-refractivity contribution in [3.05, 3.63) is 51.4 Å². The van der Waals surface area contributed by atoms with Gasteiger partial charge < -0.3 is 4.90 Å². The predicted molar refractivity (Wildman–Crippen MR) is 98.3 cm³/mol. The molecule has 0 atom stereocenters. The Hall–Kier alpha value is -1.90. The van der Waals surface area contributed by atoms with Crippen LogP contribution in [0.15, 0.2) is 41.6 Å². The Balaban J connectivity index is 1.56. The molecule has 130 valence electrons. The Morgan fingerprint density at radius 1 is 1.36 bits per heavy atom. The maximum absolute atomic E-state index is 13.7. The van der Waals surface area contributed by atoms with Gasteiger partial charge in [0, 0.05) is 11.9 Å². The molecule has 1 amide bonds. The number of H-pyrrole nitrogens is 1. The molecule has 2 aromatic heterocycles. The van der Waals surface area contributed by atoms with Crippen LogP contribution in [0.4, 0.5) is 4.39 Å². The van der Waals surface area contributed by atoms with Crippen molar-refractivity contribution < 1.29 is 9.18 Å². The summed E-state index contributed by atoms with van der Waals surface area (Å²) >= 11 is 8.55. The summed E-state index contributed by atoms with van der Waals surface area (Å²) in [5, 5.41) is 7.13. The maximum Gasteiger partial charge on any atom is 0.233 e. The highest BCUT2D eigenvalue weighted by atomic mass is 35.5. The van der Waals surface area contributed by atoms with E-state index in [1.165, 1.54) is 29.2 Å². The van der Waals surface area contributed by atoms with Gasteiger partial charge in [0.25, 0.3) is 0 Å². The smallest absolute Gasteiger partial charge is 0.233 e. The Morgan fingerprint density at radius 3 is 2.88 bits per heavy atom. The number of nitrogens with zero attached hydrogens (tertiary/aromatic N) is 3. The van der Waals surface area contributed by atoms with E-state index in [0.29, 0.717) is 27.4 Å². The number of nitrogens with one attached hydrogen (secondary N) is 1. The number of benzene rings is 1. The molecule has 3 aromatic rings. The van der Waals surface area contributed by atoms with Crippen LogP contribution in [-0.2, 0) is 11.3 Å². The maximum atomic E-state index is 13.7. The number of amides is 1. The van der Waals surface area contributed by atoms with Crippen molar-refractivity contribution in [2.75, 3.05) is 12.8 Å². The van der Waals surface area contributed by atoms with Gasteiger partial charge in [0.05, 0.1) is 22.2 Å². The molecular weight excluding hydrogens is 383 g/mol. The van der Waals surface area contributed by atoms with E-state index in [1.807, 2.05) is 12.1 Å². The van der Waals surface area contributed by atoms with E-state index in [9.17, 15) is 9.18 Å². The summed E-state index contributed by atoms with van der Waals surface area (Å²) in [5.74, 6) is 0.117. The van der Waals surface area contributed by atoms with Crippen LogP contribution in [0.5, 0.6) is 0 Å². The van der Waals surface area contributed by atoms with Crippen molar-refractivity contribution in [2.45, 2.75) is 11.7 Å². The monoisotopic (exact) mass is 396 g/mol. The van der Waals surface area contributed by atoms with Gasteiger partial charge in [0.15, 0.2) is 5.82 Å². The van der Waals surface area contributed by atoms with Crippen molar-refractivity contribution in [2.24, 2.45) is 0 Å². The van der Waals surface area contributed by atoms with Crippen LogP contribution in [0.2, 0.25) is 4.34 Å². The van der Waals surface area contributed by atoms with Crippen LogP contribution in [0, 0.1) is 5.82 Å². The Kier molecular flexibility index (Phi) is 5.72. The highest BCUT2D eigenvalue weighted by molar-refractivity contribution is 7.99. The van der Waals surface area contributed by atoms with E-state index in [0.717, 1.165) is 4.88 Å². The zero-order chi connectivity index (χ0) is 17.8. The van der Waals surface area contributed by atoms with Crippen LogP contribution in [0.25, 0.3) is 11.4 Å². The van der Waals surface area contributed by atoms with Crippen LogP contribution in [0.1, 0.15) is 4.88 Å². The topological polar surface area (TPSA) is 61.9 Å². The summed E-state index contributed by atoms with van der Waals surface area (Å²) in [6.07, 6.45) is 0. The van der Waals surface area contributed by atoms with Crippen molar-refractivity contribution in [1.29, 1.82) is 0 Å². The minimum absolute atomic E-state index is 0.0493. The van der Waals surface area contributed by atoms with Gasteiger partial charge in [-0.15, -0.1) is 16.4 Å². The molecule has 9 heteroatoms. The van der Waals surface area contributed by atoms with E-state index in [2.05, 4.69) is 15.2 Å². The number of hydrogen-bond acceptors (Lipinski definition) is 5. The Labute approximate surface area is 157 Å². The number of aromatic amines is 1. The van der Waals surface area contributed by atoms with Gasteiger partial charge in [-0.3, -0.25) is 9.89 Å². The molecule has 0 aliphatic carbocycles. The van der Waals surface area contributed by atoms with Crippen molar-refractivity contribution in [1.82, 2.24) is 20.1 Å². The Bertz CT molecular complexity index is 882. The number of carbonyl (C=O) groups excluding carboxylic acids is 1. The van der Waals surface area contributed by atoms with Crippen LogP contribution < -0.4 is 0 Å². The molecule has 0 saturated carbocycles. The molecule has 0 spiro atoms. The summed E-state index contributed by atoms with van der Waals surface area (Å²) < 4.78 is 14.5. The summed E-state index contributed by atoms with van der Waals surface area (Å²) in [6, 6.07) is 10.0. The highest BCUT2D eigenvalue weighted by Gasteiger charge is 2.14. The summed E-state index contributed by atoms with van der Waals surface area (Å²) in [7, 11) is 1.74. The van der Waals surface area contributed by atoms with E-state index in [1.54, 1.807) is 30.1 Å². The molecule has 1 aromatic carbocycles. The number of rotatable bonds is 6. The fraction of sp³-hybridized carbons (Fsp3) is 0.188. The molecule has 0 bridgehead atoms. The quantitative estimate of drug-likeness (QED) is 0.638. The average Bonchev–Trinajstić information content (AvgIpc) is 3.22. The standard InChI is InChI=1S/C16H14ClFN4OS2/c1-22(8-10-6-7-13(17)25-10)14(23)9-24-16-19-15(20-21-16)11-4-2-3-5-12(11)18/h2-7H,8-9H2,1H3,(H,19,20,21). The zero-order valence-corrected chi connectivity index (χ0v) is 15.6. The molecule has 2 heterocycles. The summed E-state index contributed by atoms with van der Waals surface area (Å²) in [4.78, 5) is 19.1. The van der Waals surface area contributed by atoms with Gasteiger partial charge in [-0.1, -0.05) is 35.5 Å². The summed E-state index contributed by atoms with van der Waals surface area (Å²) in [6.45, 7) is 0.505. The second-order valence-electron chi connectivity index (χ2n) is 5.19. The molecule has 0 unspecified atom stereocenters. The van der Waals surface area contributed by atoms with Gasteiger partial charge in [0.2, 0.25) is 11.1 Å². The van der Waals surface area contributed by atoms with Crippen molar-refractivity contribution >= 4 is 40.6 Å². The predicted octanol–water partition coefficient (Wildman–Crippen LogP) is 4.08. The Morgan fingerprint density at radius 2 is 2.16 bits per heavy atom. The van der Waals surface area contributed by atoms with E-state index >= 15 is 0 Å². The fourth-order valence-electron chi connectivity index (χ4n) is 2.08. The SMILES string of the molecule is CN(Cc1ccc(Cl)s1)C(=O)CSc1n[nH]c(-c2ccccc2F)n1. The number of halogens is 2. The van der Waals surface area contributed by atoms with Crippen molar-refractivity contribution in [3.63, 3.8) is 0 Å². The zero-order valence-electron chi connectivity index (χ0n) is 13.2. The lowest BCUT2D eigenvalue weighted by molar-refractivity contribution is -0.127. The first-order chi connectivity index (χ1) is 12.0. The number of carbonyl (C=O) groups is 1. The van der Waals surface area contributed by atoms with E-state index in [4.69, 9.17) is 11.6 Å². The molecule has 25 heavy (non-hydrogen) atoms. The first kappa shape index (κ1) is 17.9. The van der Waals surface area contributed by atoms with Gasteiger partial charge in [-0.05, 0) is 24.3 Å². The molecule has 0 aliphatic rings. The van der Waals surface area contributed by atoms with Gasteiger partial charge in [0.1, 0.15) is 5.82 Å². The lowest BCUT2D eigenvalue weighted by atomic mass is 10.2. The molecule has 0 saturated heterocycles. The lowest BCUT2D eigenvalue weighted by Crippen LogP contribution is -2.27. The average molecular weight is 397 g/mol. The second kappa shape index (κ2) is 7.99. The van der Waals surface area contributed by atoms with Crippen molar-refractivity contribution in [3.8, 4) is 11.4 Å². The van der Waals surface area contributed by atoms with Crippen LogP contribution >= 0.6 is 34.7 Å². The normalized spacial score (nSPS) is 10.8. The number of hydrogen-bond donors (Lipinski definition) is 1. The molecule has 0 radical (unpaired) electrons. The molecule has 3 rings (SSSR count). The third kappa shape index (κ3) is 4.59. The third-order valence-corrected chi connectivity index (χ3v) is 5.41. The first-order valence-corrected chi connectivity index (χ1v) is 9.49.